The van der Waals surface area contributed by atoms with E-state index in [4.69, 9.17) is 10.5 Å². The van der Waals surface area contributed by atoms with Gasteiger partial charge in [0, 0.05) is 18.6 Å². The summed E-state index contributed by atoms with van der Waals surface area (Å²) in [5.74, 6) is -0.169. The van der Waals surface area contributed by atoms with Crippen LogP contribution in [0, 0.1) is 0 Å². The highest BCUT2D eigenvalue weighted by Gasteiger charge is 2.25. The minimum Gasteiger partial charge on any atom is -0.397 e. The maximum Gasteiger partial charge on any atom is 0.260 e. The number of nitrogens with zero attached hydrogens (tertiary/aromatic N) is 1. The fourth-order valence-electron chi connectivity index (χ4n) is 2.13. The summed E-state index contributed by atoms with van der Waals surface area (Å²) in [6, 6.07) is 14.8. The van der Waals surface area contributed by atoms with Gasteiger partial charge in [-0.15, -0.1) is 0 Å². The van der Waals surface area contributed by atoms with Crippen LogP contribution >= 0.6 is 15.9 Å². The van der Waals surface area contributed by atoms with Gasteiger partial charge < -0.3 is 15.4 Å². The summed E-state index contributed by atoms with van der Waals surface area (Å²) in [6.07, 6.45) is -0.653. The molecular formula is C16H17BrN2O2. The number of ether oxygens (including phenoxy) is 1. The Hall–Kier alpha value is -1.85. The lowest BCUT2D eigenvalue weighted by atomic mass is 10.1. The first-order valence-corrected chi connectivity index (χ1v) is 7.24. The van der Waals surface area contributed by atoms with Crippen LogP contribution in [0.5, 0.6) is 0 Å². The average molecular weight is 349 g/mol. The third-order valence-electron chi connectivity index (χ3n) is 3.24. The molecule has 0 bridgehead atoms. The largest absolute Gasteiger partial charge is 0.397 e. The molecule has 0 aliphatic rings. The molecule has 2 aromatic carbocycles. The normalized spacial score (nSPS) is 12.0. The van der Waals surface area contributed by atoms with Crippen LogP contribution in [0.25, 0.3) is 0 Å². The van der Waals surface area contributed by atoms with Gasteiger partial charge in [0.05, 0.1) is 11.4 Å². The molecule has 110 valence electrons. The van der Waals surface area contributed by atoms with E-state index in [0.717, 1.165) is 10.0 Å². The van der Waals surface area contributed by atoms with Gasteiger partial charge in [-0.1, -0.05) is 46.3 Å². The fraction of sp³-hybridized carbons (Fsp3) is 0.188. The lowest BCUT2D eigenvalue weighted by molar-refractivity contribution is -0.128. The molecule has 0 radical (unpaired) electrons. The van der Waals surface area contributed by atoms with Crippen molar-refractivity contribution in [1.82, 2.24) is 0 Å². The molecule has 0 spiro atoms. The van der Waals surface area contributed by atoms with Crippen molar-refractivity contribution in [3.8, 4) is 0 Å². The topological polar surface area (TPSA) is 55.6 Å². The van der Waals surface area contributed by atoms with Gasteiger partial charge in [-0.25, -0.2) is 0 Å². The number of amides is 1. The zero-order chi connectivity index (χ0) is 15.4. The lowest BCUT2D eigenvalue weighted by Crippen LogP contribution is -2.33. The number of carbonyl (C=O) groups excluding carboxylic acids is 1. The zero-order valence-electron chi connectivity index (χ0n) is 11.9. The van der Waals surface area contributed by atoms with Crippen LogP contribution in [-0.2, 0) is 9.53 Å². The predicted molar refractivity (Wildman–Crippen MR) is 88.2 cm³/mol. The number of methoxy groups -OCH3 is 1. The Morgan fingerprint density at radius 3 is 2.48 bits per heavy atom. The first kappa shape index (κ1) is 15.5. The number of benzene rings is 2. The SMILES string of the molecule is COC(C(=O)N(C)c1ccc(Br)cc1N)c1ccccc1. The molecule has 0 heterocycles. The highest BCUT2D eigenvalue weighted by molar-refractivity contribution is 9.10. The second-order valence-corrected chi connectivity index (χ2v) is 5.54. The second-order valence-electron chi connectivity index (χ2n) is 4.63. The van der Waals surface area contributed by atoms with Crippen molar-refractivity contribution < 1.29 is 9.53 Å². The number of nitrogen functional groups attached to an aromatic ring is 1. The molecule has 2 aromatic rings. The molecule has 0 saturated heterocycles. The number of halogens is 1. The number of carbonyl (C=O) groups is 1. The van der Waals surface area contributed by atoms with Crippen LogP contribution in [-0.4, -0.2) is 20.1 Å². The van der Waals surface area contributed by atoms with Crippen molar-refractivity contribution in [1.29, 1.82) is 0 Å². The van der Waals surface area contributed by atoms with E-state index in [2.05, 4.69) is 15.9 Å². The van der Waals surface area contributed by atoms with Gasteiger partial charge in [0.1, 0.15) is 0 Å². The van der Waals surface area contributed by atoms with Crippen LogP contribution in [0.2, 0.25) is 0 Å². The second kappa shape index (κ2) is 6.74. The van der Waals surface area contributed by atoms with Gasteiger partial charge in [0.25, 0.3) is 5.91 Å². The molecule has 1 unspecified atom stereocenters. The lowest BCUT2D eigenvalue weighted by Gasteiger charge is -2.24. The molecule has 0 saturated carbocycles. The summed E-state index contributed by atoms with van der Waals surface area (Å²) in [5.41, 5.74) is 7.97. The number of anilines is 2. The Labute approximate surface area is 132 Å². The maximum absolute atomic E-state index is 12.6. The van der Waals surface area contributed by atoms with E-state index in [1.54, 1.807) is 19.2 Å². The molecule has 0 aliphatic heterocycles. The number of hydrogen-bond donors (Lipinski definition) is 1. The molecule has 0 aliphatic carbocycles. The predicted octanol–water partition coefficient (Wildman–Crippen LogP) is 3.38. The highest BCUT2D eigenvalue weighted by Crippen LogP contribution is 2.29. The summed E-state index contributed by atoms with van der Waals surface area (Å²) in [6.45, 7) is 0. The third-order valence-corrected chi connectivity index (χ3v) is 3.74. The van der Waals surface area contributed by atoms with Gasteiger partial charge in [0.15, 0.2) is 6.10 Å². The van der Waals surface area contributed by atoms with E-state index in [-0.39, 0.29) is 5.91 Å². The molecule has 2 rings (SSSR count). The van der Waals surface area contributed by atoms with Crippen LogP contribution < -0.4 is 10.6 Å². The number of hydrogen-bond acceptors (Lipinski definition) is 3. The molecule has 21 heavy (non-hydrogen) atoms. The Kier molecular flexibility index (Phi) is 4.98. The fourth-order valence-corrected chi connectivity index (χ4v) is 2.51. The average Bonchev–Trinajstić information content (AvgIpc) is 2.48. The molecule has 0 aromatic heterocycles. The monoisotopic (exact) mass is 348 g/mol. The van der Waals surface area contributed by atoms with E-state index in [1.807, 2.05) is 36.4 Å². The zero-order valence-corrected chi connectivity index (χ0v) is 13.5. The van der Waals surface area contributed by atoms with Crippen molar-refractivity contribution in [3.05, 3.63) is 58.6 Å². The molecule has 5 heteroatoms. The number of nitrogens with two attached hydrogens (primary N) is 1. The molecule has 1 atom stereocenters. The van der Waals surface area contributed by atoms with Crippen molar-refractivity contribution >= 4 is 33.2 Å². The van der Waals surface area contributed by atoms with Gasteiger partial charge >= 0.3 is 0 Å². The van der Waals surface area contributed by atoms with Gasteiger partial charge in [-0.2, -0.15) is 0 Å². The van der Waals surface area contributed by atoms with Crippen molar-refractivity contribution in [2.24, 2.45) is 0 Å². The summed E-state index contributed by atoms with van der Waals surface area (Å²) in [4.78, 5) is 14.2. The molecule has 1 amide bonds. The summed E-state index contributed by atoms with van der Waals surface area (Å²) < 4.78 is 6.23. The van der Waals surface area contributed by atoms with Gasteiger partial charge in [0.2, 0.25) is 0 Å². The van der Waals surface area contributed by atoms with E-state index in [0.29, 0.717) is 11.4 Å². The minimum atomic E-state index is -0.653. The third kappa shape index (κ3) is 3.43. The van der Waals surface area contributed by atoms with Crippen LogP contribution in [0.3, 0.4) is 0 Å². The molecule has 0 fully saturated rings. The van der Waals surface area contributed by atoms with E-state index in [1.165, 1.54) is 12.0 Å². The first-order valence-electron chi connectivity index (χ1n) is 6.45. The Bertz CT molecular complexity index is 631. The summed E-state index contributed by atoms with van der Waals surface area (Å²) in [7, 11) is 3.21. The molecule has 2 N–H and O–H groups in total. The Morgan fingerprint density at radius 1 is 1.24 bits per heavy atom. The minimum absolute atomic E-state index is 0.169. The highest BCUT2D eigenvalue weighted by atomic mass is 79.9. The number of rotatable bonds is 4. The van der Waals surface area contributed by atoms with Crippen LogP contribution in [0.1, 0.15) is 11.7 Å². The first-order chi connectivity index (χ1) is 10.0. The smallest absolute Gasteiger partial charge is 0.260 e. The van der Waals surface area contributed by atoms with E-state index >= 15 is 0 Å². The molecular weight excluding hydrogens is 332 g/mol. The Balaban J connectivity index is 2.29. The molecule has 4 nitrogen and oxygen atoms in total. The van der Waals surface area contributed by atoms with Crippen molar-refractivity contribution in [2.45, 2.75) is 6.10 Å². The van der Waals surface area contributed by atoms with E-state index < -0.39 is 6.10 Å². The van der Waals surface area contributed by atoms with Crippen LogP contribution in [0.15, 0.2) is 53.0 Å². The van der Waals surface area contributed by atoms with Crippen molar-refractivity contribution in [3.63, 3.8) is 0 Å². The van der Waals surface area contributed by atoms with Gasteiger partial charge in [-0.3, -0.25) is 4.79 Å². The quantitative estimate of drug-likeness (QED) is 0.861. The maximum atomic E-state index is 12.6. The summed E-state index contributed by atoms with van der Waals surface area (Å²) in [5, 5.41) is 0. The standard InChI is InChI=1S/C16H17BrN2O2/c1-19(14-9-8-12(17)10-13(14)18)16(20)15(21-2)11-6-4-3-5-7-11/h3-10,15H,18H2,1-2H3. The van der Waals surface area contributed by atoms with Gasteiger partial charge in [-0.05, 0) is 23.8 Å². The Morgan fingerprint density at radius 2 is 1.90 bits per heavy atom. The van der Waals surface area contributed by atoms with Crippen LogP contribution in [0.4, 0.5) is 11.4 Å². The number of likely N-dealkylation sites (N-methyl/N-ethyl adjacent to an activating group) is 1. The van der Waals surface area contributed by atoms with Crippen molar-refractivity contribution in [2.75, 3.05) is 24.8 Å². The summed E-state index contributed by atoms with van der Waals surface area (Å²) >= 11 is 3.35. The van der Waals surface area contributed by atoms with E-state index in [9.17, 15) is 4.79 Å².